The molecule has 2 heterocycles. The van der Waals surface area contributed by atoms with Crippen LogP contribution in [0, 0.1) is 0 Å². The number of hydrogen-bond donors (Lipinski definition) is 2. The highest BCUT2D eigenvalue weighted by Crippen LogP contribution is 2.15. The molecule has 2 amide bonds. The lowest BCUT2D eigenvalue weighted by atomic mass is 10.1. The van der Waals surface area contributed by atoms with Crippen LogP contribution in [0.2, 0.25) is 0 Å². The van der Waals surface area contributed by atoms with Crippen molar-refractivity contribution in [2.45, 2.75) is 83.2 Å². The van der Waals surface area contributed by atoms with Crippen LogP contribution in [-0.4, -0.2) is 74.5 Å². The van der Waals surface area contributed by atoms with Gasteiger partial charge in [0.15, 0.2) is 0 Å². The van der Waals surface area contributed by atoms with E-state index in [1.54, 1.807) is 7.05 Å². The van der Waals surface area contributed by atoms with Gasteiger partial charge in [0.25, 0.3) is 0 Å². The lowest BCUT2D eigenvalue weighted by Gasteiger charge is -2.18. The number of likely N-dealkylation sites (tertiary alicyclic amines) is 2. The first-order chi connectivity index (χ1) is 13.0. The van der Waals surface area contributed by atoms with Crippen LogP contribution in [0.3, 0.4) is 0 Å². The lowest BCUT2D eigenvalue weighted by Crippen LogP contribution is -2.41. The van der Waals surface area contributed by atoms with Gasteiger partial charge in [-0.05, 0) is 59.3 Å². The Hall–Kier alpha value is -1.14. The number of hydrogen-bond acceptors (Lipinski definition) is 4. The highest BCUT2D eigenvalue weighted by atomic mass is 16.2. The molecule has 2 saturated heterocycles. The summed E-state index contributed by atoms with van der Waals surface area (Å²) in [6.45, 7) is 5.21. The molecule has 0 aromatic rings. The Kier molecular flexibility index (Phi) is 12.3. The maximum atomic E-state index is 11.8. The minimum absolute atomic E-state index is 0.130. The lowest BCUT2D eigenvalue weighted by molar-refractivity contribution is -0.125. The fraction of sp³-hybridized carbons (Fsp3) is 0.905. The molecule has 2 atom stereocenters. The van der Waals surface area contributed by atoms with Crippen molar-refractivity contribution in [2.75, 3.05) is 40.8 Å². The number of unbranched alkanes of at least 4 members (excludes halogenated alkanes) is 5. The van der Waals surface area contributed by atoms with E-state index in [2.05, 4.69) is 27.4 Å². The number of carbonyl (C=O) groups is 2. The van der Waals surface area contributed by atoms with E-state index < -0.39 is 0 Å². The van der Waals surface area contributed by atoms with Crippen molar-refractivity contribution >= 4 is 11.8 Å². The molecule has 0 aliphatic carbocycles. The second-order valence-electron chi connectivity index (χ2n) is 7.95. The first-order valence-electron chi connectivity index (χ1n) is 10.9. The molecule has 2 aliphatic heterocycles. The SMILES string of the molecule is CCCCCCCCNC(=O)[C@@H]1CCCN1C.CNC(=O)[C@@H]1CCCN1C. The second kappa shape index (κ2) is 13.9. The summed E-state index contributed by atoms with van der Waals surface area (Å²) in [6.07, 6.45) is 12.0. The zero-order valence-electron chi connectivity index (χ0n) is 18.1. The average Bonchev–Trinajstić information content (AvgIpc) is 3.29. The predicted octanol–water partition coefficient (Wildman–Crippen LogP) is 2.38. The fourth-order valence-corrected chi connectivity index (χ4v) is 3.88. The van der Waals surface area contributed by atoms with Crippen molar-refractivity contribution in [3.8, 4) is 0 Å². The molecule has 6 heteroatoms. The van der Waals surface area contributed by atoms with Gasteiger partial charge in [0.2, 0.25) is 11.8 Å². The van der Waals surface area contributed by atoms with Gasteiger partial charge in [-0.2, -0.15) is 0 Å². The summed E-state index contributed by atoms with van der Waals surface area (Å²) >= 11 is 0. The molecule has 158 valence electrons. The number of likely N-dealkylation sites (N-methyl/N-ethyl adjacent to an activating group) is 3. The van der Waals surface area contributed by atoms with Crippen LogP contribution >= 0.6 is 0 Å². The summed E-state index contributed by atoms with van der Waals surface area (Å²) in [5.41, 5.74) is 0. The maximum Gasteiger partial charge on any atom is 0.237 e. The molecule has 27 heavy (non-hydrogen) atoms. The fourth-order valence-electron chi connectivity index (χ4n) is 3.88. The molecule has 6 nitrogen and oxygen atoms in total. The van der Waals surface area contributed by atoms with Crippen molar-refractivity contribution in [1.82, 2.24) is 20.4 Å². The number of amides is 2. The molecule has 0 saturated carbocycles. The van der Waals surface area contributed by atoms with Gasteiger partial charge in [0.05, 0.1) is 12.1 Å². The van der Waals surface area contributed by atoms with Crippen molar-refractivity contribution in [3.05, 3.63) is 0 Å². The average molecular weight is 383 g/mol. The molecule has 0 unspecified atom stereocenters. The number of rotatable bonds is 9. The zero-order valence-corrected chi connectivity index (χ0v) is 18.1. The van der Waals surface area contributed by atoms with E-state index >= 15 is 0 Å². The zero-order chi connectivity index (χ0) is 20.1. The Labute approximate surface area is 166 Å². The van der Waals surface area contributed by atoms with Crippen molar-refractivity contribution < 1.29 is 9.59 Å². The van der Waals surface area contributed by atoms with Crippen LogP contribution in [-0.2, 0) is 9.59 Å². The summed E-state index contributed by atoms with van der Waals surface area (Å²) in [6, 6.07) is 0.264. The summed E-state index contributed by atoms with van der Waals surface area (Å²) in [5, 5.41) is 5.72. The van der Waals surface area contributed by atoms with Gasteiger partial charge in [-0.15, -0.1) is 0 Å². The molecule has 0 spiro atoms. The van der Waals surface area contributed by atoms with Gasteiger partial charge in [-0.25, -0.2) is 0 Å². The minimum atomic E-state index is 0.130. The van der Waals surface area contributed by atoms with Crippen LogP contribution in [0.4, 0.5) is 0 Å². The topological polar surface area (TPSA) is 64.7 Å². The molecular formula is C21H42N4O2. The van der Waals surface area contributed by atoms with Crippen LogP contribution < -0.4 is 10.6 Å². The van der Waals surface area contributed by atoms with Crippen LogP contribution in [0.15, 0.2) is 0 Å². The number of nitrogens with zero attached hydrogens (tertiary/aromatic N) is 2. The Morgan fingerprint density at radius 1 is 0.852 bits per heavy atom. The highest BCUT2D eigenvalue weighted by Gasteiger charge is 2.27. The molecular weight excluding hydrogens is 340 g/mol. The van der Waals surface area contributed by atoms with Crippen LogP contribution in [0.1, 0.15) is 71.1 Å². The normalized spacial score (nSPS) is 23.0. The molecule has 0 bridgehead atoms. The highest BCUT2D eigenvalue weighted by molar-refractivity contribution is 5.82. The third kappa shape index (κ3) is 9.06. The van der Waals surface area contributed by atoms with E-state index in [-0.39, 0.29) is 23.9 Å². The van der Waals surface area contributed by atoms with Gasteiger partial charge in [0, 0.05) is 13.6 Å². The Morgan fingerprint density at radius 2 is 1.37 bits per heavy atom. The van der Waals surface area contributed by atoms with Gasteiger partial charge < -0.3 is 10.6 Å². The molecule has 2 N–H and O–H groups in total. The third-order valence-corrected chi connectivity index (χ3v) is 5.72. The summed E-state index contributed by atoms with van der Waals surface area (Å²) in [4.78, 5) is 27.2. The van der Waals surface area contributed by atoms with Crippen molar-refractivity contribution in [1.29, 1.82) is 0 Å². The summed E-state index contributed by atoms with van der Waals surface area (Å²) in [7, 11) is 5.73. The van der Waals surface area contributed by atoms with Gasteiger partial charge >= 0.3 is 0 Å². The quantitative estimate of drug-likeness (QED) is 0.601. The molecule has 0 radical (unpaired) electrons. The Morgan fingerprint density at radius 3 is 1.85 bits per heavy atom. The molecule has 2 rings (SSSR count). The van der Waals surface area contributed by atoms with Crippen LogP contribution in [0.5, 0.6) is 0 Å². The van der Waals surface area contributed by atoms with Gasteiger partial charge in [0.1, 0.15) is 0 Å². The summed E-state index contributed by atoms with van der Waals surface area (Å²) in [5.74, 6) is 0.388. The van der Waals surface area contributed by atoms with E-state index in [0.29, 0.717) is 0 Å². The molecule has 0 aromatic carbocycles. The largest absolute Gasteiger partial charge is 0.358 e. The Bertz CT molecular complexity index is 430. The van der Waals surface area contributed by atoms with E-state index in [4.69, 9.17) is 0 Å². The van der Waals surface area contributed by atoms with E-state index in [1.165, 1.54) is 32.1 Å². The molecule has 2 aliphatic rings. The Balaban J connectivity index is 0.000000309. The second-order valence-corrected chi connectivity index (χ2v) is 7.95. The first kappa shape index (κ1) is 23.9. The van der Waals surface area contributed by atoms with E-state index in [9.17, 15) is 9.59 Å². The standard InChI is InChI=1S/C14H28N2O.C7H14N2O/c1-3-4-5-6-7-8-11-15-14(17)13-10-9-12-16(13)2;1-8-7(10)6-4-3-5-9(6)2/h13H,3-12H2,1-2H3,(H,15,17);6H,3-5H2,1-2H3,(H,8,10)/t13-;6-/m00/s1. The smallest absolute Gasteiger partial charge is 0.237 e. The minimum Gasteiger partial charge on any atom is -0.358 e. The van der Waals surface area contributed by atoms with E-state index in [0.717, 1.165) is 51.7 Å². The number of carbonyl (C=O) groups excluding carboxylic acids is 2. The van der Waals surface area contributed by atoms with Crippen LogP contribution in [0.25, 0.3) is 0 Å². The van der Waals surface area contributed by atoms with Crippen molar-refractivity contribution in [2.24, 2.45) is 0 Å². The predicted molar refractivity (Wildman–Crippen MR) is 112 cm³/mol. The maximum absolute atomic E-state index is 11.8. The van der Waals surface area contributed by atoms with Gasteiger partial charge in [-0.3, -0.25) is 19.4 Å². The first-order valence-corrected chi connectivity index (χ1v) is 10.9. The number of nitrogens with one attached hydrogen (secondary N) is 2. The third-order valence-electron chi connectivity index (χ3n) is 5.72. The van der Waals surface area contributed by atoms with Crippen molar-refractivity contribution in [3.63, 3.8) is 0 Å². The monoisotopic (exact) mass is 382 g/mol. The summed E-state index contributed by atoms with van der Waals surface area (Å²) < 4.78 is 0. The van der Waals surface area contributed by atoms with E-state index in [1.807, 2.05) is 14.1 Å². The molecule has 0 aromatic heterocycles. The van der Waals surface area contributed by atoms with Gasteiger partial charge in [-0.1, -0.05) is 39.0 Å². The molecule has 2 fully saturated rings.